The van der Waals surface area contributed by atoms with E-state index in [9.17, 15) is 18.1 Å². The van der Waals surface area contributed by atoms with Crippen molar-refractivity contribution in [3.63, 3.8) is 0 Å². The number of nitrogens with zero attached hydrogens (tertiary/aromatic N) is 2. The Morgan fingerprint density at radius 3 is 2.63 bits per heavy atom. The standard InChI is InChI=1S/C23H27IN3O6PS/c1-15-7-9-16(10-8-15)21-20(22(28)25-2)17-13-18(24)19(26-23(17)33-21)14-27(35(30)31)11-5-4-6-12-32-34(3)29/h7-10,13H,4-6,11-12,14H2,1-3H3,(H-,25,28,30,31)/p+1. The molecule has 3 rings (SSSR count). The highest BCUT2D eigenvalue weighted by atomic mass is 127. The monoisotopic (exact) mass is 632 g/mol. The van der Waals surface area contributed by atoms with Crippen LogP contribution in [0.25, 0.3) is 22.4 Å². The summed E-state index contributed by atoms with van der Waals surface area (Å²) in [6.07, 6.45) is 2.17. The molecule has 0 aliphatic carbocycles. The minimum Gasteiger partial charge on any atom is -0.437 e. The molecule has 0 aliphatic rings. The van der Waals surface area contributed by atoms with Gasteiger partial charge in [0.15, 0.2) is 6.66 Å². The van der Waals surface area contributed by atoms with Crippen molar-refractivity contribution >= 4 is 58.9 Å². The number of fused-ring (bicyclic) bond motifs is 1. The molecule has 2 heterocycles. The zero-order valence-corrected chi connectivity index (χ0v) is 23.6. The van der Waals surface area contributed by atoms with Crippen LogP contribution in [0.4, 0.5) is 0 Å². The van der Waals surface area contributed by atoms with Crippen molar-refractivity contribution in [1.29, 1.82) is 0 Å². The average molecular weight is 632 g/mol. The van der Waals surface area contributed by atoms with Crippen LogP contribution in [0.15, 0.2) is 34.7 Å². The molecule has 35 heavy (non-hydrogen) atoms. The van der Waals surface area contributed by atoms with Crippen molar-refractivity contribution in [2.75, 3.05) is 26.9 Å². The molecule has 0 bridgehead atoms. The number of furan rings is 1. The number of nitrogens with one attached hydrogen (secondary N) is 1. The Morgan fingerprint density at radius 2 is 2.00 bits per heavy atom. The lowest BCUT2D eigenvalue weighted by atomic mass is 10.0. The maximum atomic E-state index is 12.7. The number of pyridine rings is 1. The second-order valence-electron chi connectivity index (χ2n) is 7.95. The summed E-state index contributed by atoms with van der Waals surface area (Å²) < 4.78 is 46.0. The maximum Gasteiger partial charge on any atom is 0.504 e. The van der Waals surface area contributed by atoms with Crippen LogP contribution in [-0.2, 0) is 26.9 Å². The largest absolute Gasteiger partial charge is 0.504 e. The first-order valence-corrected chi connectivity index (χ1v) is 14.8. The van der Waals surface area contributed by atoms with E-state index in [2.05, 4.69) is 32.9 Å². The fraction of sp³-hybridized carbons (Fsp3) is 0.391. The summed E-state index contributed by atoms with van der Waals surface area (Å²) in [6.45, 7) is 4.42. The predicted molar refractivity (Wildman–Crippen MR) is 145 cm³/mol. The second kappa shape index (κ2) is 13.0. The molecule has 0 fully saturated rings. The third-order valence-electron chi connectivity index (χ3n) is 5.35. The van der Waals surface area contributed by atoms with Gasteiger partial charge in [-0.05, 0) is 59.4 Å². The van der Waals surface area contributed by atoms with Gasteiger partial charge in [0.1, 0.15) is 12.4 Å². The zero-order chi connectivity index (χ0) is 25.5. The van der Waals surface area contributed by atoms with Gasteiger partial charge in [0.25, 0.3) is 5.91 Å². The molecule has 0 saturated heterocycles. The Hall–Kier alpha value is -1.76. The van der Waals surface area contributed by atoms with E-state index in [1.165, 1.54) is 11.0 Å². The lowest BCUT2D eigenvalue weighted by Crippen LogP contribution is -2.27. The number of halogens is 1. The van der Waals surface area contributed by atoms with Gasteiger partial charge in [0, 0.05) is 22.7 Å². The van der Waals surface area contributed by atoms with Crippen molar-refractivity contribution in [3.8, 4) is 11.3 Å². The van der Waals surface area contributed by atoms with E-state index in [4.69, 9.17) is 8.94 Å². The summed E-state index contributed by atoms with van der Waals surface area (Å²) in [6, 6.07) is 9.51. The van der Waals surface area contributed by atoms with Crippen LogP contribution in [0.1, 0.15) is 40.9 Å². The fourth-order valence-corrected chi connectivity index (χ4v) is 5.05. The summed E-state index contributed by atoms with van der Waals surface area (Å²) >= 11 is -0.0627. The zero-order valence-electron chi connectivity index (χ0n) is 19.7. The average Bonchev–Trinajstić information content (AvgIpc) is 3.18. The fourth-order valence-electron chi connectivity index (χ4n) is 3.54. The van der Waals surface area contributed by atoms with E-state index >= 15 is 0 Å². The summed E-state index contributed by atoms with van der Waals surface area (Å²) in [4.78, 5) is 17.4. The van der Waals surface area contributed by atoms with Gasteiger partial charge in [0.2, 0.25) is 17.0 Å². The second-order valence-corrected chi connectivity index (χ2v) is 11.2. The van der Waals surface area contributed by atoms with Gasteiger partial charge >= 0.3 is 8.03 Å². The number of carbonyl (C=O) groups excluding carboxylic acids is 1. The van der Waals surface area contributed by atoms with Crippen LogP contribution in [-0.4, -0.2) is 50.8 Å². The summed E-state index contributed by atoms with van der Waals surface area (Å²) in [5.74, 6) is 0.151. The molecule has 0 spiro atoms. The van der Waals surface area contributed by atoms with Crippen LogP contribution in [0.3, 0.4) is 0 Å². The number of amides is 1. The Labute approximate surface area is 221 Å². The Kier molecular flexibility index (Phi) is 10.3. The van der Waals surface area contributed by atoms with E-state index in [1.54, 1.807) is 7.05 Å². The van der Waals surface area contributed by atoms with E-state index in [0.717, 1.165) is 27.5 Å². The first kappa shape index (κ1) is 27.8. The summed E-state index contributed by atoms with van der Waals surface area (Å²) in [7, 11) is -0.0456. The molecule has 0 radical (unpaired) electrons. The number of rotatable bonds is 12. The number of carbonyl (C=O) groups is 1. The minimum atomic E-state index is -2.18. The molecule has 2 N–H and O–H groups in total. The molecule has 12 heteroatoms. The van der Waals surface area contributed by atoms with Crippen molar-refractivity contribution in [2.45, 2.75) is 32.7 Å². The molecule has 1 aromatic carbocycles. The van der Waals surface area contributed by atoms with Crippen molar-refractivity contribution < 1.29 is 27.1 Å². The molecule has 9 nitrogen and oxygen atoms in total. The van der Waals surface area contributed by atoms with E-state index in [1.807, 2.05) is 37.3 Å². The summed E-state index contributed by atoms with van der Waals surface area (Å²) in [5, 5.41) is 3.25. The predicted octanol–water partition coefficient (Wildman–Crippen LogP) is 5.27. The van der Waals surface area contributed by atoms with Crippen LogP contribution >= 0.6 is 30.6 Å². The number of aryl methyl sites for hydroxylation is 1. The first-order chi connectivity index (χ1) is 16.7. The highest BCUT2D eigenvalue weighted by Crippen LogP contribution is 2.34. The van der Waals surface area contributed by atoms with Crippen LogP contribution in [0.5, 0.6) is 0 Å². The smallest absolute Gasteiger partial charge is 0.437 e. The van der Waals surface area contributed by atoms with Gasteiger partial charge in [0.05, 0.1) is 23.2 Å². The lowest BCUT2D eigenvalue weighted by Gasteiger charge is -2.17. The number of unbranched alkanes of at least 4 members (excludes halogenated alkanes) is 2. The van der Waals surface area contributed by atoms with Gasteiger partial charge in [-0.15, -0.1) is 4.52 Å². The van der Waals surface area contributed by atoms with Gasteiger partial charge in [-0.3, -0.25) is 9.35 Å². The molecule has 1 amide bonds. The molecule has 3 aromatic rings. The number of hydrogen-bond acceptors (Lipinski definition) is 6. The van der Waals surface area contributed by atoms with Crippen LogP contribution < -0.4 is 5.32 Å². The molecular weight excluding hydrogens is 604 g/mol. The maximum absolute atomic E-state index is 12.7. The van der Waals surface area contributed by atoms with Gasteiger partial charge in [-0.2, -0.15) is 4.31 Å². The van der Waals surface area contributed by atoms with E-state index in [0.29, 0.717) is 47.7 Å². The molecule has 2 unspecified atom stereocenters. The lowest BCUT2D eigenvalue weighted by molar-refractivity contribution is 0.0964. The Bertz CT molecular complexity index is 1230. The number of hydrogen-bond donors (Lipinski definition) is 2. The normalized spacial score (nSPS) is 12.8. The highest BCUT2D eigenvalue weighted by molar-refractivity contribution is 14.1. The number of aromatic nitrogens is 1. The van der Waals surface area contributed by atoms with Crippen LogP contribution in [0, 0.1) is 10.5 Å². The van der Waals surface area contributed by atoms with Crippen LogP contribution in [0.2, 0.25) is 0 Å². The molecule has 188 valence electrons. The van der Waals surface area contributed by atoms with Gasteiger partial charge < -0.3 is 9.73 Å². The summed E-state index contributed by atoms with van der Waals surface area (Å²) in [5.41, 5.74) is 3.13. The molecule has 0 saturated carbocycles. The third-order valence-corrected chi connectivity index (χ3v) is 7.58. The Morgan fingerprint density at radius 1 is 1.29 bits per heavy atom. The van der Waals surface area contributed by atoms with Crippen molar-refractivity contribution in [2.24, 2.45) is 0 Å². The first-order valence-electron chi connectivity index (χ1n) is 11.0. The molecular formula is C23H28IN3O6PS+. The third kappa shape index (κ3) is 7.37. The van der Waals surface area contributed by atoms with E-state index in [-0.39, 0.29) is 12.5 Å². The van der Waals surface area contributed by atoms with Crippen molar-refractivity contribution in [3.05, 3.63) is 50.7 Å². The Balaban J connectivity index is 1.85. The highest BCUT2D eigenvalue weighted by Gasteiger charge is 2.24. The molecule has 0 aliphatic heterocycles. The van der Waals surface area contributed by atoms with Gasteiger partial charge in [-0.1, -0.05) is 29.8 Å². The SMILES string of the molecule is CNC(=O)c1c(-c2ccc(C)cc2)oc2nc(CN(CCCCCO[P+](C)=O)S(=O)O)c(I)cc12. The minimum absolute atomic E-state index is 0.143. The number of benzene rings is 1. The van der Waals surface area contributed by atoms with E-state index < -0.39 is 19.3 Å². The van der Waals surface area contributed by atoms with Crippen molar-refractivity contribution in [1.82, 2.24) is 14.6 Å². The molecule has 2 aromatic heterocycles. The topological polar surface area (TPSA) is 122 Å². The molecule has 2 atom stereocenters. The van der Waals surface area contributed by atoms with Gasteiger partial charge in [-0.25, -0.2) is 9.19 Å². The quantitative estimate of drug-likeness (QED) is 0.121.